The van der Waals surface area contributed by atoms with Gasteiger partial charge in [-0.15, -0.1) is 0 Å². The lowest BCUT2D eigenvalue weighted by atomic mass is 9.70. The van der Waals surface area contributed by atoms with Gasteiger partial charge in [-0.05, 0) is 43.1 Å². The molecule has 0 unspecified atom stereocenters. The molecule has 3 rings (SSSR count). The van der Waals surface area contributed by atoms with Crippen LogP contribution in [0.5, 0.6) is 0 Å². The number of carbonyl (C=O) groups excluding carboxylic acids is 1. The largest absolute Gasteiger partial charge is 0.457 e. The van der Waals surface area contributed by atoms with Crippen molar-refractivity contribution in [2.75, 3.05) is 0 Å². The molecule has 2 saturated carbocycles. The molecule has 0 amide bonds. The van der Waals surface area contributed by atoms with Crippen molar-refractivity contribution in [1.29, 1.82) is 0 Å². The predicted molar refractivity (Wildman–Crippen MR) is 80.5 cm³/mol. The molecule has 0 radical (unpaired) electrons. The highest BCUT2D eigenvalue weighted by Crippen LogP contribution is 2.66. The van der Waals surface area contributed by atoms with Crippen molar-refractivity contribution in [3.05, 3.63) is 30.1 Å². The minimum Gasteiger partial charge on any atom is -0.457 e. The molecule has 0 N–H and O–H groups in total. The van der Waals surface area contributed by atoms with Crippen LogP contribution < -0.4 is 4.57 Å². The summed E-state index contributed by atoms with van der Waals surface area (Å²) in [5.74, 6) is 0.589. The number of pyridine rings is 1. The molecule has 0 saturated heterocycles. The van der Waals surface area contributed by atoms with Gasteiger partial charge >= 0.3 is 5.97 Å². The maximum atomic E-state index is 12.2. The zero-order valence-electron chi connectivity index (χ0n) is 13.6. The molecule has 114 valence electrons. The van der Waals surface area contributed by atoms with Crippen LogP contribution >= 0.6 is 0 Å². The van der Waals surface area contributed by atoms with Crippen LogP contribution in [0.1, 0.15) is 45.6 Å². The zero-order chi connectivity index (χ0) is 15.3. The molecule has 1 aromatic rings. The summed E-state index contributed by atoms with van der Waals surface area (Å²) in [5.41, 5.74) is 1.63. The molecule has 2 bridgehead atoms. The third-order valence-corrected chi connectivity index (χ3v) is 6.36. The summed E-state index contributed by atoms with van der Waals surface area (Å²) in [7, 11) is 0. The highest BCUT2D eigenvalue weighted by atomic mass is 16.5. The maximum absolute atomic E-state index is 12.2. The Bertz CT molecular complexity index is 549. The zero-order valence-corrected chi connectivity index (χ0v) is 13.6. The van der Waals surface area contributed by atoms with E-state index in [4.69, 9.17) is 4.74 Å². The monoisotopic (exact) mass is 288 g/mol. The molecular formula is C18H26NO2+. The molecule has 0 aromatic carbocycles. The Balaban J connectivity index is 1.65. The molecular weight excluding hydrogens is 262 g/mol. The van der Waals surface area contributed by atoms with E-state index in [0.29, 0.717) is 12.5 Å². The van der Waals surface area contributed by atoms with Crippen LogP contribution in [0.3, 0.4) is 0 Å². The van der Waals surface area contributed by atoms with Crippen molar-refractivity contribution in [3.8, 4) is 0 Å². The number of rotatable bonds is 3. The first kappa shape index (κ1) is 14.6. The van der Waals surface area contributed by atoms with Crippen molar-refractivity contribution < 1.29 is 14.1 Å². The summed E-state index contributed by atoms with van der Waals surface area (Å²) in [6.07, 6.45) is 7.45. The topological polar surface area (TPSA) is 30.2 Å². The highest BCUT2D eigenvalue weighted by Gasteiger charge is 2.62. The van der Waals surface area contributed by atoms with Crippen LogP contribution in [0.25, 0.3) is 0 Å². The molecule has 2 aliphatic rings. The first-order chi connectivity index (χ1) is 9.83. The van der Waals surface area contributed by atoms with Crippen molar-refractivity contribution >= 4 is 5.97 Å². The first-order valence-corrected chi connectivity index (χ1v) is 7.98. The lowest BCUT2D eigenvalue weighted by Crippen LogP contribution is -2.43. The fourth-order valence-electron chi connectivity index (χ4n) is 4.29. The molecule has 3 atom stereocenters. The van der Waals surface area contributed by atoms with E-state index >= 15 is 0 Å². The molecule has 2 aliphatic carbocycles. The number of aryl methyl sites for hydroxylation is 1. The standard InChI is InChI=1S/C18H26NO2/c1-13-6-9-19(10-7-13)12-16(20)21-15-11-14-5-8-18(15,4)17(14,2)3/h6-7,9-10,14-15H,5,8,11-12H2,1-4H3/q+1/t14-,15+,18-/m1/s1. The van der Waals surface area contributed by atoms with E-state index in [0.717, 1.165) is 6.42 Å². The number of carbonyl (C=O) groups is 1. The third-order valence-electron chi connectivity index (χ3n) is 6.36. The Hall–Kier alpha value is -1.38. The van der Waals surface area contributed by atoms with Gasteiger partial charge in [0.1, 0.15) is 6.10 Å². The second kappa shape index (κ2) is 4.82. The number of nitrogens with zero attached hydrogens (tertiary/aromatic N) is 1. The van der Waals surface area contributed by atoms with Crippen LogP contribution in [0.4, 0.5) is 0 Å². The van der Waals surface area contributed by atoms with Gasteiger partial charge < -0.3 is 4.74 Å². The highest BCUT2D eigenvalue weighted by molar-refractivity contribution is 5.68. The normalized spacial score (nSPS) is 33.1. The average Bonchev–Trinajstić information content (AvgIpc) is 2.74. The van der Waals surface area contributed by atoms with E-state index in [9.17, 15) is 4.79 Å². The third kappa shape index (κ3) is 2.27. The smallest absolute Gasteiger partial charge is 0.372 e. The minimum atomic E-state index is -0.113. The predicted octanol–water partition coefficient (Wildman–Crippen LogP) is 3.04. The van der Waals surface area contributed by atoms with Gasteiger partial charge in [-0.1, -0.05) is 20.8 Å². The van der Waals surface area contributed by atoms with E-state index in [2.05, 4.69) is 20.8 Å². The van der Waals surface area contributed by atoms with E-state index in [-0.39, 0.29) is 22.9 Å². The molecule has 1 aromatic heterocycles. The van der Waals surface area contributed by atoms with Crippen LogP contribution in [-0.2, 0) is 16.1 Å². The number of ether oxygens (including phenoxy) is 1. The quantitative estimate of drug-likeness (QED) is 0.632. The summed E-state index contributed by atoms with van der Waals surface area (Å²) in [6.45, 7) is 9.33. The van der Waals surface area contributed by atoms with Crippen molar-refractivity contribution in [2.45, 2.75) is 59.6 Å². The van der Waals surface area contributed by atoms with Crippen LogP contribution in [0.15, 0.2) is 24.5 Å². The molecule has 0 aliphatic heterocycles. The van der Waals surface area contributed by atoms with Crippen LogP contribution in [-0.4, -0.2) is 12.1 Å². The molecule has 3 heteroatoms. The average molecular weight is 288 g/mol. The SMILES string of the molecule is Cc1cc[n+](CC(=O)O[C@H]2C[C@H]3CC[C@@]2(C)C3(C)C)cc1. The Kier molecular flexibility index (Phi) is 3.34. The van der Waals surface area contributed by atoms with Gasteiger partial charge in [-0.3, -0.25) is 0 Å². The van der Waals surface area contributed by atoms with Crippen molar-refractivity contribution in [3.63, 3.8) is 0 Å². The lowest BCUT2D eigenvalue weighted by Gasteiger charge is -2.38. The van der Waals surface area contributed by atoms with Gasteiger partial charge in [0.25, 0.3) is 0 Å². The summed E-state index contributed by atoms with van der Waals surface area (Å²) in [5, 5.41) is 0. The number of fused-ring (bicyclic) bond motifs is 2. The van der Waals surface area contributed by atoms with Crippen LogP contribution in [0, 0.1) is 23.7 Å². The molecule has 21 heavy (non-hydrogen) atoms. The lowest BCUT2D eigenvalue weighted by molar-refractivity contribution is -0.686. The Morgan fingerprint density at radius 3 is 2.52 bits per heavy atom. The number of hydrogen-bond acceptors (Lipinski definition) is 2. The van der Waals surface area contributed by atoms with Gasteiger partial charge in [-0.2, -0.15) is 4.57 Å². The Morgan fingerprint density at radius 1 is 1.33 bits per heavy atom. The van der Waals surface area contributed by atoms with Crippen molar-refractivity contribution in [1.82, 2.24) is 0 Å². The van der Waals surface area contributed by atoms with Gasteiger partial charge in [0.2, 0.25) is 6.54 Å². The van der Waals surface area contributed by atoms with Crippen molar-refractivity contribution in [2.24, 2.45) is 16.7 Å². The van der Waals surface area contributed by atoms with Gasteiger partial charge in [0, 0.05) is 17.5 Å². The van der Waals surface area contributed by atoms with Gasteiger partial charge in [0.05, 0.1) is 0 Å². The molecule has 1 heterocycles. The van der Waals surface area contributed by atoms with Gasteiger partial charge in [-0.25, -0.2) is 4.79 Å². The Morgan fingerprint density at radius 2 is 2.00 bits per heavy atom. The van der Waals surface area contributed by atoms with E-state index in [1.165, 1.54) is 18.4 Å². The molecule has 2 fully saturated rings. The summed E-state index contributed by atoms with van der Waals surface area (Å²) < 4.78 is 7.74. The summed E-state index contributed by atoms with van der Waals surface area (Å²) in [6, 6.07) is 4.02. The second-order valence-electron chi connectivity index (χ2n) is 7.64. The maximum Gasteiger partial charge on any atom is 0.372 e. The minimum absolute atomic E-state index is 0.0878. The fraction of sp³-hybridized carbons (Fsp3) is 0.667. The fourth-order valence-corrected chi connectivity index (χ4v) is 4.29. The number of esters is 1. The van der Waals surface area contributed by atoms with E-state index < -0.39 is 0 Å². The van der Waals surface area contributed by atoms with Crippen LogP contribution in [0.2, 0.25) is 0 Å². The summed E-state index contributed by atoms with van der Waals surface area (Å²) in [4.78, 5) is 12.2. The van der Waals surface area contributed by atoms with E-state index in [1.807, 2.05) is 36.0 Å². The van der Waals surface area contributed by atoms with E-state index in [1.54, 1.807) is 0 Å². The first-order valence-electron chi connectivity index (χ1n) is 7.98. The van der Waals surface area contributed by atoms with Gasteiger partial charge in [0.15, 0.2) is 12.4 Å². The molecule has 3 nitrogen and oxygen atoms in total. The number of aromatic nitrogens is 1. The molecule has 0 spiro atoms. The number of hydrogen-bond donors (Lipinski definition) is 0. The summed E-state index contributed by atoms with van der Waals surface area (Å²) >= 11 is 0. The second-order valence-corrected chi connectivity index (χ2v) is 7.64. The Labute approximate surface area is 127 Å².